The highest BCUT2D eigenvalue weighted by Gasteiger charge is 2.22. The number of hydrogen-bond acceptors (Lipinski definition) is 6. The van der Waals surface area contributed by atoms with E-state index in [-0.39, 0.29) is 19.4 Å². The van der Waals surface area contributed by atoms with Crippen LogP contribution in [-0.2, 0) is 28.2 Å². The Kier molecular flexibility index (Phi) is 33.8. The van der Waals surface area contributed by atoms with Crippen molar-refractivity contribution in [2.45, 2.75) is 206 Å². The van der Waals surface area contributed by atoms with Gasteiger partial charge < -0.3 is 19.3 Å². The second-order valence-corrected chi connectivity index (χ2v) is 14.5. The molecule has 2 N–H and O–H groups in total. The number of esters is 2. The summed E-state index contributed by atoms with van der Waals surface area (Å²) in [5.74, 6) is -0.887. The summed E-state index contributed by atoms with van der Waals surface area (Å²) in [6.07, 6.45) is 36.5. The minimum absolute atomic E-state index is 0.205. The molecule has 0 saturated heterocycles. The zero-order valence-electron chi connectivity index (χ0n) is 30.4. The van der Waals surface area contributed by atoms with E-state index in [0.717, 1.165) is 57.8 Å². The van der Waals surface area contributed by atoms with Gasteiger partial charge in [-0.25, -0.2) is 4.57 Å². The van der Waals surface area contributed by atoms with Crippen LogP contribution in [0.15, 0.2) is 12.2 Å². The first-order valence-corrected chi connectivity index (χ1v) is 21.0. The van der Waals surface area contributed by atoms with E-state index in [2.05, 4.69) is 30.5 Å². The van der Waals surface area contributed by atoms with Crippen molar-refractivity contribution in [2.24, 2.45) is 0 Å². The van der Waals surface area contributed by atoms with Crippen molar-refractivity contribution in [1.29, 1.82) is 0 Å². The van der Waals surface area contributed by atoms with Crippen molar-refractivity contribution < 1.29 is 37.9 Å². The first-order chi connectivity index (χ1) is 22.8. The number of carbonyl (C=O) groups excluding carboxylic acids is 2. The molecule has 8 nitrogen and oxygen atoms in total. The SMILES string of the molecule is CCCCC/C=C\CCCCCCCC(=O)OC(COC(=O)CCCCCCCCCCCCCCCCCCC)COP(=O)(O)O. The second-order valence-electron chi connectivity index (χ2n) is 13.3. The van der Waals surface area contributed by atoms with Gasteiger partial charge in [-0.1, -0.05) is 161 Å². The van der Waals surface area contributed by atoms with Gasteiger partial charge in [-0.15, -0.1) is 0 Å². The maximum atomic E-state index is 12.3. The van der Waals surface area contributed by atoms with Crippen molar-refractivity contribution in [1.82, 2.24) is 0 Å². The molecule has 0 saturated carbocycles. The Morgan fingerprint density at radius 3 is 1.34 bits per heavy atom. The molecule has 0 amide bonds. The van der Waals surface area contributed by atoms with Crippen LogP contribution in [0.3, 0.4) is 0 Å². The number of phosphoric ester groups is 1. The Bertz CT molecular complexity index is 782. The summed E-state index contributed by atoms with van der Waals surface area (Å²) in [6, 6.07) is 0. The van der Waals surface area contributed by atoms with Gasteiger partial charge in [0.25, 0.3) is 0 Å². The molecule has 278 valence electrons. The summed E-state index contributed by atoms with van der Waals surface area (Å²) >= 11 is 0. The third kappa shape index (κ3) is 37.5. The van der Waals surface area contributed by atoms with Crippen LogP contribution in [-0.4, -0.2) is 41.0 Å². The van der Waals surface area contributed by atoms with Crippen LogP contribution in [0.2, 0.25) is 0 Å². The van der Waals surface area contributed by atoms with Crippen LogP contribution in [0, 0.1) is 0 Å². The highest BCUT2D eigenvalue weighted by molar-refractivity contribution is 7.46. The highest BCUT2D eigenvalue weighted by atomic mass is 31.2. The molecule has 0 spiro atoms. The molecule has 0 fully saturated rings. The van der Waals surface area contributed by atoms with Crippen molar-refractivity contribution in [3.8, 4) is 0 Å². The van der Waals surface area contributed by atoms with E-state index in [1.807, 2.05) is 0 Å². The normalized spacial score (nSPS) is 12.5. The Morgan fingerprint density at radius 1 is 0.532 bits per heavy atom. The maximum Gasteiger partial charge on any atom is 0.469 e. The summed E-state index contributed by atoms with van der Waals surface area (Å²) < 4.78 is 26.3. The summed E-state index contributed by atoms with van der Waals surface area (Å²) in [5.41, 5.74) is 0. The summed E-state index contributed by atoms with van der Waals surface area (Å²) in [6.45, 7) is 3.66. The van der Waals surface area contributed by atoms with Gasteiger partial charge >= 0.3 is 19.8 Å². The molecule has 1 atom stereocenters. The van der Waals surface area contributed by atoms with E-state index < -0.39 is 32.5 Å². The third-order valence-corrected chi connectivity index (χ3v) is 9.02. The average molecular weight is 689 g/mol. The highest BCUT2D eigenvalue weighted by Crippen LogP contribution is 2.36. The Labute approximate surface area is 288 Å². The molecular formula is C38H73O8P. The quantitative estimate of drug-likeness (QED) is 0.0289. The summed E-state index contributed by atoms with van der Waals surface area (Å²) in [4.78, 5) is 42.7. The van der Waals surface area contributed by atoms with Crippen molar-refractivity contribution in [3.05, 3.63) is 12.2 Å². The lowest BCUT2D eigenvalue weighted by molar-refractivity contribution is -0.161. The number of carbonyl (C=O) groups is 2. The molecule has 9 heteroatoms. The molecule has 0 aliphatic carbocycles. The molecule has 1 unspecified atom stereocenters. The van der Waals surface area contributed by atoms with Gasteiger partial charge in [0.1, 0.15) is 6.61 Å². The second kappa shape index (κ2) is 34.6. The topological polar surface area (TPSA) is 119 Å². The number of unbranched alkanes of at least 4 members (excludes halogenated alkanes) is 24. The van der Waals surface area contributed by atoms with Gasteiger partial charge in [0.2, 0.25) is 0 Å². The molecule has 0 bridgehead atoms. The van der Waals surface area contributed by atoms with Gasteiger partial charge in [0.05, 0.1) is 6.61 Å². The molecule has 0 aliphatic rings. The molecule has 0 aromatic carbocycles. The number of ether oxygens (including phenoxy) is 2. The lowest BCUT2D eigenvalue weighted by Crippen LogP contribution is -2.29. The number of rotatable bonds is 36. The minimum Gasteiger partial charge on any atom is -0.462 e. The smallest absolute Gasteiger partial charge is 0.462 e. The van der Waals surface area contributed by atoms with Crippen molar-refractivity contribution in [3.63, 3.8) is 0 Å². The van der Waals surface area contributed by atoms with E-state index in [0.29, 0.717) is 6.42 Å². The monoisotopic (exact) mass is 689 g/mol. The van der Waals surface area contributed by atoms with Crippen LogP contribution in [0.5, 0.6) is 0 Å². The first-order valence-electron chi connectivity index (χ1n) is 19.5. The molecule has 0 radical (unpaired) electrons. The maximum absolute atomic E-state index is 12.3. The van der Waals surface area contributed by atoms with E-state index in [4.69, 9.17) is 19.3 Å². The Hall–Kier alpha value is -1.21. The Balaban J connectivity index is 3.90. The molecule has 0 aromatic rings. The summed E-state index contributed by atoms with van der Waals surface area (Å²) in [5, 5.41) is 0. The summed E-state index contributed by atoms with van der Waals surface area (Å²) in [7, 11) is -4.74. The number of phosphoric acid groups is 1. The first kappa shape index (κ1) is 45.8. The molecule has 0 aromatic heterocycles. The third-order valence-electron chi connectivity index (χ3n) is 8.53. The fourth-order valence-corrected chi connectivity index (χ4v) is 5.96. The largest absolute Gasteiger partial charge is 0.469 e. The van der Waals surface area contributed by atoms with E-state index in [1.54, 1.807) is 0 Å². The van der Waals surface area contributed by atoms with Crippen LogP contribution >= 0.6 is 7.82 Å². The van der Waals surface area contributed by atoms with E-state index in [1.165, 1.54) is 109 Å². The van der Waals surface area contributed by atoms with Crippen LogP contribution in [0.1, 0.15) is 200 Å². The number of allylic oxidation sites excluding steroid dienone is 2. The van der Waals surface area contributed by atoms with Gasteiger partial charge in [-0.05, 0) is 38.5 Å². The number of hydrogen-bond donors (Lipinski definition) is 2. The molecule has 0 heterocycles. The van der Waals surface area contributed by atoms with Crippen LogP contribution in [0.4, 0.5) is 0 Å². The zero-order valence-corrected chi connectivity index (χ0v) is 31.3. The van der Waals surface area contributed by atoms with Crippen molar-refractivity contribution in [2.75, 3.05) is 13.2 Å². The average Bonchev–Trinajstić information content (AvgIpc) is 3.04. The minimum atomic E-state index is -4.74. The fraction of sp³-hybridized carbons (Fsp3) is 0.895. The zero-order chi connectivity index (χ0) is 34.7. The molecule has 0 rings (SSSR count). The lowest BCUT2D eigenvalue weighted by Gasteiger charge is -2.18. The van der Waals surface area contributed by atoms with Gasteiger partial charge in [0.15, 0.2) is 6.10 Å². The van der Waals surface area contributed by atoms with E-state index >= 15 is 0 Å². The lowest BCUT2D eigenvalue weighted by atomic mass is 10.0. The van der Waals surface area contributed by atoms with Crippen LogP contribution in [0.25, 0.3) is 0 Å². The van der Waals surface area contributed by atoms with E-state index in [9.17, 15) is 14.2 Å². The predicted octanol–water partition coefficient (Wildman–Crippen LogP) is 11.5. The van der Waals surface area contributed by atoms with Gasteiger partial charge in [-0.2, -0.15) is 0 Å². The van der Waals surface area contributed by atoms with Gasteiger partial charge in [-0.3, -0.25) is 14.1 Å². The molecule has 47 heavy (non-hydrogen) atoms. The standard InChI is InChI=1S/C38H73O8P/c1-3-5-7-9-11-13-15-17-18-19-20-21-23-24-26-28-30-32-37(39)44-34-36(35-45-47(41,42)43)46-38(40)33-31-29-27-25-22-16-14-12-10-8-6-4-2/h12,14,36H,3-11,13,15-35H2,1-2H3,(H2,41,42,43)/b14-12-. The van der Waals surface area contributed by atoms with Gasteiger partial charge in [0, 0.05) is 12.8 Å². The van der Waals surface area contributed by atoms with Crippen molar-refractivity contribution >= 4 is 19.8 Å². The predicted molar refractivity (Wildman–Crippen MR) is 193 cm³/mol. The molecular weight excluding hydrogens is 615 g/mol. The fourth-order valence-electron chi connectivity index (χ4n) is 5.60. The Morgan fingerprint density at radius 2 is 0.894 bits per heavy atom. The van der Waals surface area contributed by atoms with Crippen LogP contribution < -0.4 is 0 Å². The molecule has 0 aliphatic heterocycles.